The molecule has 1 heterocycles. The molecule has 12 heteroatoms. The Morgan fingerprint density at radius 3 is 2.40 bits per heavy atom. The molecule has 1 aromatic carbocycles. The zero-order valence-electron chi connectivity index (χ0n) is 12.5. The van der Waals surface area contributed by atoms with Crippen LogP contribution in [0, 0.1) is 20.2 Å². The molecule has 2 unspecified atom stereocenters. The molecular formula is C13H13N5O7. The van der Waals surface area contributed by atoms with Gasteiger partial charge in [0.2, 0.25) is 5.69 Å². The summed E-state index contributed by atoms with van der Waals surface area (Å²) in [6.07, 6.45) is -0.535. The first-order chi connectivity index (χ1) is 11.8. The highest BCUT2D eigenvalue weighted by Crippen LogP contribution is 2.21. The van der Waals surface area contributed by atoms with Gasteiger partial charge in [-0.15, -0.1) is 0 Å². The van der Waals surface area contributed by atoms with Gasteiger partial charge in [-0.25, -0.2) is 0 Å². The summed E-state index contributed by atoms with van der Waals surface area (Å²) in [5.41, 5.74) is -0.962. The Kier molecular flexibility index (Phi) is 5.36. The number of nitro groups is 2. The highest BCUT2D eigenvalue weighted by molar-refractivity contribution is 5.96. The molecule has 0 saturated heterocycles. The average Bonchev–Trinajstić information content (AvgIpc) is 3.09. The Balaban J connectivity index is 2.15. The van der Waals surface area contributed by atoms with Gasteiger partial charge in [-0.05, 0) is 17.7 Å². The Hall–Kier alpha value is -3.38. The topological polar surface area (TPSA) is 185 Å². The van der Waals surface area contributed by atoms with E-state index in [0.717, 1.165) is 18.3 Å². The van der Waals surface area contributed by atoms with E-state index in [-0.39, 0.29) is 11.3 Å². The van der Waals surface area contributed by atoms with Crippen molar-refractivity contribution < 1.29 is 24.9 Å². The molecule has 0 bridgehead atoms. The number of aromatic amines is 1. The molecule has 0 spiro atoms. The maximum absolute atomic E-state index is 12.1. The summed E-state index contributed by atoms with van der Waals surface area (Å²) in [5, 5.41) is 48.9. The lowest BCUT2D eigenvalue weighted by atomic mass is 10.0. The number of aliphatic hydroxyl groups excluding tert-OH is 2. The first-order valence-corrected chi connectivity index (χ1v) is 6.87. The summed E-state index contributed by atoms with van der Waals surface area (Å²) in [4.78, 5) is 32.1. The number of aromatic nitrogens is 2. The van der Waals surface area contributed by atoms with Crippen molar-refractivity contribution in [2.45, 2.75) is 12.1 Å². The summed E-state index contributed by atoms with van der Waals surface area (Å²) in [6.45, 7) is -0.675. The second-order valence-corrected chi connectivity index (χ2v) is 4.94. The molecule has 2 aromatic rings. The summed E-state index contributed by atoms with van der Waals surface area (Å²) in [5.74, 6) is -0.941. The van der Waals surface area contributed by atoms with E-state index in [1.165, 1.54) is 12.1 Å². The number of aliphatic hydroxyl groups is 2. The van der Waals surface area contributed by atoms with Crippen molar-refractivity contribution in [1.82, 2.24) is 15.5 Å². The number of non-ortho nitro benzene ring substituents is 1. The highest BCUT2D eigenvalue weighted by Gasteiger charge is 2.28. The average molecular weight is 351 g/mol. The predicted molar refractivity (Wildman–Crippen MR) is 81.6 cm³/mol. The van der Waals surface area contributed by atoms with Crippen LogP contribution in [0.15, 0.2) is 30.5 Å². The number of nitrogens with one attached hydrogen (secondary N) is 2. The number of carbonyl (C=O) groups is 1. The van der Waals surface area contributed by atoms with Gasteiger partial charge in [0, 0.05) is 12.1 Å². The zero-order chi connectivity index (χ0) is 18.6. The Labute approximate surface area is 139 Å². The van der Waals surface area contributed by atoms with Gasteiger partial charge in [0.05, 0.1) is 22.5 Å². The fourth-order valence-corrected chi connectivity index (χ4v) is 2.08. The minimum atomic E-state index is -1.39. The van der Waals surface area contributed by atoms with Crippen molar-refractivity contribution in [3.05, 3.63) is 61.9 Å². The van der Waals surface area contributed by atoms with Crippen molar-refractivity contribution in [1.29, 1.82) is 0 Å². The smallest absolute Gasteiger partial charge is 0.319 e. The van der Waals surface area contributed by atoms with E-state index < -0.39 is 45.9 Å². The fraction of sp³-hybridized carbons (Fsp3) is 0.231. The molecular weight excluding hydrogens is 338 g/mol. The number of amides is 1. The number of benzene rings is 1. The van der Waals surface area contributed by atoms with Gasteiger partial charge in [0.1, 0.15) is 12.3 Å². The third kappa shape index (κ3) is 3.94. The van der Waals surface area contributed by atoms with Gasteiger partial charge in [-0.1, -0.05) is 0 Å². The fourth-order valence-electron chi connectivity index (χ4n) is 2.08. The number of hydrogen-bond acceptors (Lipinski definition) is 8. The standard InChI is InChI=1S/C13H13N5O7/c19-6-9(12(20)7-1-3-8(4-2-7)17(22)23)15-13(21)11-10(18(24)25)5-14-16-11/h1-5,9,12,19-20H,6H2,(H,14,16)(H,15,21). The number of carbonyl (C=O) groups excluding carboxylic acids is 1. The Bertz CT molecular complexity index is 788. The van der Waals surface area contributed by atoms with Crippen LogP contribution in [0.1, 0.15) is 22.2 Å². The van der Waals surface area contributed by atoms with E-state index in [2.05, 4.69) is 15.5 Å². The second-order valence-electron chi connectivity index (χ2n) is 4.94. The van der Waals surface area contributed by atoms with E-state index in [1.54, 1.807) is 0 Å². The maximum Gasteiger partial charge on any atom is 0.319 e. The Morgan fingerprint density at radius 2 is 1.88 bits per heavy atom. The third-order valence-electron chi connectivity index (χ3n) is 3.38. The van der Waals surface area contributed by atoms with Crippen LogP contribution in [0.4, 0.5) is 11.4 Å². The van der Waals surface area contributed by atoms with Gasteiger partial charge in [0.25, 0.3) is 11.6 Å². The van der Waals surface area contributed by atoms with E-state index in [0.29, 0.717) is 0 Å². The largest absolute Gasteiger partial charge is 0.394 e. The number of hydrogen-bond donors (Lipinski definition) is 4. The first-order valence-electron chi connectivity index (χ1n) is 6.87. The minimum absolute atomic E-state index is 0.186. The van der Waals surface area contributed by atoms with E-state index in [9.17, 15) is 35.2 Å². The van der Waals surface area contributed by atoms with Gasteiger partial charge < -0.3 is 15.5 Å². The van der Waals surface area contributed by atoms with Crippen molar-refractivity contribution in [2.75, 3.05) is 6.61 Å². The van der Waals surface area contributed by atoms with Crippen LogP contribution >= 0.6 is 0 Å². The van der Waals surface area contributed by atoms with Crippen molar-refractivity contribution in [3.63, 3.8) is 0 Å². The maximum atomic E-state index is 12.1. The number of nitrogens with zero attached hydrogens (tertiary/aromatic N) is 3. The van der Waals surface area contributed by atoms with Crippen molar-refractivity contribution >= 4 is 17.3 Å². The van der Waals surface area contributed by atoms with Crippen LogP contribution in [0.25, 0.3) is 0 Å². The summed E-state index contributed by atoms with van der Waals surface area (Å²) < 4.78 is 0. The second kappa shape index (κ2) is 7.46. The predicted octanol–water partition coefficient (Wildman–Crippen LogP) is 0.0504. The van der Waals surface area contributed by atoms with Crippen LogP contribution in [0.3, 0.4) is 0 Å². The highest BCUT2D eigenvalue weighted by atomic mass is 16.6. The molecule has 0 radical (unpaired) electrons. The molecule has 132 valence electrons. The molecule has 2 rings (SSSR count). The molecule has 0 aliphatic rings. The molecule has 0 saturated carbocycles. The van der Waals surface area contributed by atoms with Crippen LogP contribution in [0.5, 0.6) is 0 Å². The van der Waals surface area contributed by atoms with Gasteiger partial charge in [0.15, 0.2) is 0 Å². The van der Waals surface area contributed by atoms with Crippen LogP contribution in [0.2, 0.25) is 0 Å². The lowest BCUT2D eigenvalue weighted by Crippen LogP contribution is -2.42. The Morgan fingerprint density at radius 1 is 1.24 bits per heavy atom. The van der Waals surface area contributed by atoms with Crippen LogP contribution < -0.4 is 5.32 Å². The molecule has 2 atom stereocenters. The monoisotopic (exact) mass is 351 g/mol. The summed E-state index contributed by atoms with van der Waals surface area (Å²) in [6, 6.07) is 3.67. The molecule has 0 aliphatic heterocycles. The van der Waals surface area contributed by atoms with Crippen LogP contribution in [-0.4, -0.2) is 48.8 Å². The number of rotatable bonds is 7. The SMILES string of the molecule is O=C(NC(CO)C(O)c1ccc([N+](=O)[O-])cc1)c1[nH]ncc1[N+](=O)[O-]. The van der Waals surface area contributed by atoms with Crippen molar-refractivity contribution in [3.8, 4) is 0 Å². The normalized spacial score (nSPS) is 13.0. The molecule has 12 nitrogen and oxygen atoms in total. The molecule has 0 fully saturated rings. The molecule has 1 amide bonds. The molecule has 25 heavy (non-hydrogen) atoms. The quantitative estimate of drug-likeness (QED) is 0.398. The lowest BCUT2D eigenvalue weighted by molar-refractivity contribution is -0.385. The van der Waals surface area contributed by atoms with E-state index >= 15 is 0 Å². The zero-order valence-corrected chi connectivity index (χ0v) is 12.5. The number of H-pyrrole nitrogens is 1. The molecule has 1 aromatic heterocycles. The first kappa shape index (κ1) is 18.0. The van der Waals surface area contributed by atoms with Crippen LogP contribution in [-0.2, 0) is 0 Å². The van der Waals surface area contributed by atoms with Gasteiger partial charge in [-0.2, -0.15) is 5.10 Å². The molecule has 0 aliphatic carbocycles. The summed E-state index contributed by atoms with van der Waals surface area (Å²) >= 11 is 0. The van der Waals surface area contributed by atoms with Gasteiger partial charge in [-0.3, -0.25) is 30.1 Å². The van der Waals surface area contributed by atoms with E-state index in [4.69, 9.17) is 0 Å². The lowest BCUT2D eigenvalue weighted by Gasteiger charge is -2.22. The van der Waals surface area contributed by atoms with Gasteiger partial charge >= 0.3 is 5.69 Å². The minimum Gasteiger partial charge on any atom is -0.394 e. The third-order valence-corrected chi connectivity index (χ3v) is 3.38. The number of nitro benzene ring substituents is 1. The van der Waals surface area contributed by atoms with Crippen molar-refractivity contribution in [2.24, 2.45) is 0 Å². The molecule has 4 N–H and O–H groups in total. The summed E-state index contributed by atoms with van der Waals surface area (Å²) in [7, 11) is 0. The van der Waals surface area contributed by atoms with E-state index in [1.807, 2.05) is 0 Å².